The average Bonchev–Trinajstić information content (AvgIpc) is 3.06. The molecule has 0 bridgehead atoms. The number of likely N-dealkylation sites (N-methyl/N-ethyl adjacent to an activating group) is 1. The molecular formula is C21H17ClF3N3O4. The van der Waals surface area contributed by atoms with Crippen LogP contribution in [0.25, 0.3) is 0 Å². The molecule has 0 saturated carbocycles. The number of benzene rings is 2. The molecule has 0 radical (unpaired) electrons. The van der Waals surface area contributed by atoms with Gasteiger partial charge in [-0.25, -0.2) is 0 Å². The lowest BCUT2D eigenvalue weighted by molar-refractivity contribution is -0.137. The maximum atomic E-state index is 13.0. The third kappa shape index (κ3) is 5.08. The smallest absolute Gasteiger partial charge is 0.332 e. The molecule has 32 heavy (non-hydrogen) atoms. The fourth-order valence-corrected chi connectivity index (χ4v) is 3.40. The minimum Gasteiger partial charge on any atom is -0.332 e. The van der Waals surface area contributed by atoms with Gasteiger partial charge >= 0.3 is 6.18 Å². The van der Waals surface area contributed by atoms with Crippen molar-refractivity contribution in [1.82, 2.24) is 4.90 Å². The van der Waals surface area contributed by atoms with Crippen LogP contribution >= 0.6 is 11.6 Å². The lowest BCUT2D eigenvalue weighted by atomic mass is 10.1. The summed E-state index contributed by atoms with van der Waals surface area (Å²) in [6, 6.07) is 8.78. The lowest BCUT2D eigenvalue weighted by Crippen LogP contribution is -2.35. The standard InChI is InChI=1S/C21H17ClF3N3O4/c1-27(11-17(29)26-13-5-6-16(22)15(10-13)21(23,24)25)20(32)12-3-2-4-14(9-12)28-18(30)7-8-19(28)31/h2-6,9-10H,7-8,11H2,1H3,(H,26,29). The first-order valence-corrected chi connectivity index (χ1v) is 9.73. The van der Waals surface area contributed by atoms with E-state index in [1.165, 1.54) is 37.4 Å². The number of carbonyl (C=O) groups excluding carboxylic acids is 4. The van der Waals surface area contributed by atoms with Crippen molar-refractivity contribution < 1.29 is 32.3 Å². The normalized spacial score (nSPS) is 14.0. The van der Waals surface area contributed by atoms with E-state index < -0.39 is 35.1 Å². The summed E-state index contributed by atoms with van der Waals surface area (Å²) in [4.78, 5) is 50.8. The molecule has 0 spiro atoms. The third-order valence-electron chi connectivity index (χ3n) is 4.69. The van der Waals surface area contributed by atoms with Gasteiger partial charge in [0.05, 0.1) is 22.8 Å². The molecule has 2 aromatic carbocycles. The van der Waals surface area contributed by atoms with E-state index in [2.05, 4.69) is 5.32 Å². The van der Waals surface area contributed by atoms with E-state index >= 15 is 0 Å². The highest BCUT2D eigenvalue weighted by molar-refractivity contribution is 6.31. The Morgan fingerprint density at radius 2 is 1.75 bits per heavy atom. The minimum absolute atomic E-state index is 0.0951. The van der Waals surface area contributed by atoms with Crippen LogP contribution in [0, 0.1) is 0 Å². The number of carbonyl (C=O) groups is 4. The number of hydrogen-bond acceptors (Lipinski definition) is 4. The summed E-state index contributed by atoms with van der Waals surface area (Å²) in [6.07, 6.45) is -4.50. The van der Waals surface area contributed by atoms with Gasteiger partial charge in [-0.15, -0.1) is 0 Å². The Balaban J connectivity index is 1.69. The van der Waals surface area contributed by atoms with Crippen molar-refractivity contribution in [3.8, 4) is 0 Å². The molecule has 1 fully saturated rings. The number of rotatable bonds is 5. The van der Waals surface area contributed by atoms with Crippen LogP contribution in [0.4, 0.5) is 24.5 Å². The second kappa shape index (κ2) is 8.99. The van der Waals surface area contributed by atoms with Crippen LogP contribution in [0.15, 0.2) is 42.5 Å². The van der Waals surface area contributed by atoms with Crippen molar-refractivity contribution >= 4 is 46.6 Å². The van der Waals surface area contributed by atoms with Crippen LogP contribution < -0.4 is 10.2 Å². The van der Waals surface area contributed by atoms with Gasteiger partial charge in [0.2, 0.25) is 17.7 Å². The molecule has 1 aliphatic rings. The number of alkyl halides is 3. The maximum Gasteiger partial charge on any atom is 0.417 e. The number of anilines is 2. The molecule has 3 rings (SSSR count). The van der Waals surface area contributed by atoms with Crippen molar-refractivity contribution in [2.75, 3.05) is 23.8 Å². The first-order valence-electron chi connectivity index (χ1n) is 9.35. The van der Waals surface area contributed by atoms with Crippen LogP contribution in [0.5, 0.6) is 0 Å². The van der Waals surface area contributed by atoms with Crippen molar-refractivity contribution in [2.45, 2.75) is 19.0 Å². The molecule has 1 heterocycles. The fourth-order valence-electron chi connectivity index (χ4n) is 3.17. The molecule has 4 amide bonds. The minimum atomic E-state index is -4.69. The molecule has 1 N–H and O–H groups in total. The summed E-state index contributed by atoms with van der Waals surface area (Å²) in [5.74, 6) is -2.03. The number of nitrogens with one attached hydrogen (secondary N) is 1. The molecule has 0 atom stereocenters. The molecule has 0 aromatic heterocycles. The Labute approximate surface area is 185 Å². The zero-order chi connectivity index (χ0) is 23.6. The van der Waals surface area contributed by atoms with Crippen molar-refractivity contribution in [3.63, 3.8) is 0 Å². The van der Waals surface area contributed by atoms with Gasteiger partial charge < -0.3 is 10.2 Å². The molecule has 7 nitrogen and oxygen atoms in total. The quantitative estimate of drug-likeness (QED) is 0.679. The van der Waals surface area contributed by atoms with Crippen LogP contribution in [-0.4, -0.2) is 42.1 Å². The van der Waals surface area contributed by atoms with E-state index in [4.69, 9.17) is 11.6 Å². The summed E-state index contributed by atoms with van der Waals surface area (Å²) < 4.78 is 38.9. The van der Waals surface area contributed by atoms with Gasteiger partial charge in [0.25, 0.3) is 5.91 Å². The number of nitrogens with zero attached hydrogens (tertiary/aromatic N) is 2. The summed E-state index contributed by atoms with van der Waals surface area (Å²) in [7, 11) is 1.34. The van der Waals surface area contributed by atoms with Gasteiger partial charge in [-0.3, -0.25) is 24.1 Å². The third-order valence-corrected chi connectivity index (χ3v) is 5.02. The van der Waals surface area contributed by atoms with E-state index in [-0.39, 0.29) is 41.6 Å². The largest absolute Gasteiger partial charge is 0.417 e. The zero-order valence-electron chi connectivity index (χ0n) is 16.7. The van der Waals surface area contributed by atoms with Crippen LogP contribution in [0.1, 0.15) is 28.8 Å². The number of hydrogen-bond donors (Lipinski definition) is 1. The summed E-state index contributed by atoms with van der Waals surface area (Å²) >= 11 is 5.56. The van der Waals surface area contributed by atoms with Crippen molar-refractivity contribution in [3.05, 3.63) is 58.6 Å². The number of imide groups is 1. The van der Waals surface area contributed by atoms with E-state index in [9.17, 15) is 32.3 Å². The first-order chi connectivity index (χ1) is 15.0. The lowest BCUT2D eigenvalue weighted by Gasteiger charge is -2.19. The first kappa shape index (κ1) is 23.3. The highest BCUT2D eigenvalue weighted by Crippen LogP contribution is 2.36. The molecule has 1 aliphatic heterocycles. The molecule has 1 saturated heterocycles. The highest BCUT2D eigenvalue weighted by atomic mass is 35.5. The van der Waals surface area contributed by atoms with Crippen LogP contribution in [0.3, 0.4) is 0 Å². The maximum absolute atomic E-state index is 13.0. The predicted octanol–water partition coefficient (Wildman–Crippen LogP) is 3.72. The fraction of sp³-hybridized carbons (Fsp3) is 0.238. The molecule has 11 heteroatoms. The van der Waals surface area contributed by atoms with E-state index in [0.717, 1.165) is 15.9 Å². The van der Waals surface area contributed by atoms with E-state index in [1.807, 2.05) is 0 Å². The predicted molar refractivity (Wildman–Crippen MR) is 110 cm³/mol. The average molecular weight is 468 g/mol. The Bertz CT molecular complexity index is 1090. The Morgan fingerprint density at radius 1 is 1.09 bits per heavy atom. The van der Waals surface area contributed by atoms with Gasteiger partial charge in [-0.1, -0.05) is 17.7 Å². The highest BCUT2D eigenvalue weighted by Gasteiger charge is 2.33. The summed E-state index contributed by atoms with van der Waals surface area (Å²) in [5, 5.41) is 1.80. The number of amides is 4. The Hall–Kier alpha value is -3.40. The molecule has 168 valence electrons. The van der Waals surface area contributed by atoms with Gasteiger partial charge in [0.15, 0.2) is 0 Å². The van der Waals surface area contributed by atoms with Gasteiger partial charge in [-0.2, -0.15) is 13.2 Å². The summed E-state index contributed by atoms with van der Waals surface area (Å²) in [5.41, 5.74) is -0.831. The molecular weight excluding hydrogens is 451 g/mol. The van der Waals surface area contributed by atoms with Crippen molar-refractivity contribution in [2.24, 2.45) is 0 Å². The monoisotopic (exact) mass is 467 g/mol. The van der Waals surface area contributed by atoms with E-state index in [0.29, 0.717) is 6.07 Å². The zero-order valence-corrected chi connectivity index (χ0v) is 17.5. The second-order valence-electron chi connectivity index (χ2n) is 7.07. The van der Waals surface area contributed by atoms with Gasteiger partial charge in [0.1, 0.15) is 0 Å². The topological polar surface area (TPSA) is 86.8 Å². The Kier molecular flexibility index (Phi) is 6.54. The van der Waals surface area contributed by atoms with Gasteiger partial charge in [-0.05, 0) is 36.4 Å². The summed E-state index contributed by atoms with van der Waals surface area (Å²) in [6.45, 7) is -0.450. The SMILES string of the molecule is CN(CC(=O)Nc1ccc(Cl)c(C(F)(F)F)c1)C(=O)c1cccc(N2C(=O)CCC2=O)c1. The molecule has 0 aliphatic carbocycles. The number of halogens is 4. The van der Waals surface area contributed by atoms with Crippen molar-refractivity contribution in [1.29, 1.82) is 0 Å². The van der Waals surface area contributed by atoms with Crippen LogP contribution in [0.2, 0.25) is 5.02 Å². The Morgan fingerprint density at radius 3 is 2.38 bits per heavy atom. The van der Waals surface area contributed by atoms with Crippen LogP contribution in [-0.2, 0) is 20.6 Å². The molecule has 0 unspecified atom stereocenters. The van der Waals surface area contributed by atoms with E-state index in [1.54, 1.807) is 0 Å². The second-order valence-corrected chi connectivity index (χ2v) is 7.48. The van der Waals surface area contributed by atoms with Gasteiger partial charge in [0, 0.05) is 31.1 Å². The molecule has 2 aromatic rings.